The fourth-order valence-electron chi connectivity index (χ4n) is 8.41. The Morgan fingerprint density at radius 2 is 1.85 bits per heavy atom. The van der Waals surface area contributed by atoms with Crippen molar-refractivity contribution in [3.63, 3.8) is 0 Å². The third-order valence-electron chi connectivity index (χ3n) is 9.76. The molecule has 0 radical (unpaired) electrons. The molecule has 4 aliphatic rings. The van der Waals surface area contributed by atoms with Gasteiger partial charge in [0, 0.05) is 19.3 Å². The molecule has 0 aliphatic heterocycles. The summed E-state index contributed by atoms with van der Waals surface area (Å²) in [4.78, 5) is 23.3. The molecule has 0 amide bonds. The standard InChI is InChI=1S/C23H36O4/c1-13(10-20(26)27)16-4-5-17-21-18(7-9-23(16,17)3)22(2)8-6-15(24)11-14(22)12-19(21)25/h13-14,16-19,21,25H,4-12H2,1-3H3,(H,26,27)/t13-,14+,16-,17+,18+,19+,21+,22+,23-/m1/s1. The van der Waals surface area contributed by atoms with Gasteiger partial charge in [0.2, 0.25) is 0 Å². The van der Waals surface area contributed by atoms with E-state index in [4.69, 9.17) is 0 Å². The minimum Gasteiger partial charge on any atom is -0.481 e. The molecule has 152 valence electrons. The predicted molar refractivity (Wildman–Crippen MR) is 103 cm³/mol. The van der Waals surface area contributed by atoms with Crippen molar-refractivity contribution in [3.05, 3.63) is 0 Å². The number of ketones is 1. The highest BCUT2D eigenvalue weighted by Gasteiger charge is 2.62. The molecule has 2 N–H and O–H groups in total. The van der Waals surface area contributed by atoms with Crippen LogP contribution in [-0.4, -0.2) is 28.1 Å². The first-order valence-electron chi connectivity index (χ1n) is 11.1. The fraction of sp³-hybridized carbons (Fsp3) is 0.913. The van der Waals surface area contributed by atoms with Gasteiger partial charge in [0.15, 0.2) is 0 Å². The highest BCUT2D eigenvalue weighted by atomic mass is 16.4. The first-order chi connectivity index (χ1) is 12.7. The molecule has 27 heavy (non-hydrogen) atoms. The van der Waals surface area contributed by atoms with Crippen LogP contribution in [0.2, 0.25) is 0 Å². The summed E-state index contributed by atoms with van der Waals surface area (Å²) in [7, 11) is 0. The number of Topliss-reactive ketones (excluding diaryl/α,β-unsaturated/α-hetero) is 1. The number of carbonyl (C=O) groups is 2. The maximum absolute atomic E-state index is 12.0. The van der Waals surface area contributed by atoms with Crippen molar-refractivity contribution in [1.29, 1.82) is 0 Å². The third kappa shape index (κ3) is 2.89. The second-order valence-corrected chi connectivity index (χ2v) is 10.8. The van der Waals surface area contributed by atoms with E-state index in [9.17, 15) is 19.8 Å². The lowest BCUT2D eigenvalue weighted by atomic mass is 9.44. The number of fused-ring (bicyclic) bond motifs is 5. The van der Waals surface area contributed by atoms with Gasteiger partial charge in [0.25, 0.3) is 0 Å². The smallest absolute Gasteiger partial charge is 0.303 e. The lowest BCUT2D eigenvalue weighted by Crippen LogP contribution is -2.58. The van der Waals surface area contributed by atoms with E-state index in [0.29, 0.717) is 48.2 Å². The van der Waals surface area contributed by atoms with Crippen LogP contribution in [0, 0.1) is 46.3 Å². The second kappa shape index (κ2) is 6.57. The maximum atomic E-state index is 12.0. The summed E-state index contributed by atoms with van der Waals surface area (Å²) in [5.74, 6) is 2.04. The predicted octanol–water partition coefficient (Wildman–Crippen LogP) is 4.30. The molecule has 0 saturated heterocycles. The van der Waals surface area contributed by atoms with E-state index < -0.39 is 5.97 Å². The lowest BCUT2D eigenvalue weighted by Gasteiger charge is -2.61. The zero-order chi connectivity index (χ0) is 19.6. The maximum Gasteiger partial charge on any atom is 0.303 e. The van der Waals surface area contributed by atoms with Gasteiger partial charge in [-0.2, -0.15) is 0 Å². The highest BCUT2D eigenvalue weighted by Crippen LogP contribution is 2.68. The molecule has 4 aliphatic carbocycles. The van der Waals surface area contributed by atoms with Crippen molar-refractivity contribution in [2.75, 3.05) is 0 Å². The van der Waals surface area contributed by atoms with Gasteiger partial charge < -0.3 is 10.2 Å². The van der Waals surface area contributed by atoms with Crippen molar-refractivity contribution in [2.45, 2.75) is 84.7 Å². The SMILES string of the molecule is C[C@H](CC(=O)O)[C@H]1CC[C@H]2[C@@H]3[C@@H](O)C[C@@H]4CC(=O)CC[C@]4(C)[C@H]3CC[C@]12C. The van der Waals surface area contributed by atoms with Crippen molar-refractivity contribution >= 4 is 11.8 Å². The van der Waals surface area contributed by atoms with Gasteiger partial charge in [-0.25, -0.2) is 0 Å². The van der Waals surface area contributed by atoms with Gasteiger partial charge in [-0.15, -0.1) is 0 Å². The molecule has 0 heterocycles. The first-order valence-corrected chi connectivity index (χ1v) is 11.1. The molecular weight excluding hydrogens is 340 g/mol. The Kier molecular flexibility index (Phi) is 4.73. The van der Waals surface area contributed by atoms with E-state index in [0.717, 1.165) is 38.5 Å². The van der Waals surface area contributed by atoms with E-state index in [1.54, 1.807) is 0 Å². The van der Waals surface area contributed by atoms with Crippen LogP contribution in [-0.2, 0) is 9.59 Å². The minimum atomic E-state index is -0.692. The minimum absolute atomic E-state index is 0.157. The number of carboxylic acid groups (broad SMARTS) is 1. The Bertz CT molecular complexity index is 630. The van der Waals surface area contributed by atoms with Gasteiger partial charge in [-0.1, -0.05) is 20.8 Å². The molecule has 4 fully saturated rings. The second-order valence-electron chi connectivity index (χ2n) is 10.8. The molecule has 0 unspecified atom stereocenters. The zero-order valence-corrected chi connectivity index (χ0v) is 17.1. The van der Waals surface area contributed by atoms with Crippen LogP contribution in [0.1, 0.15) is 78.6 Å². The largest absolute Gasteiger partial charge is 0.481 e. The van der Waals surface area contributed by atoms with Crippen molar-refractivity contribution in [1.82, 2.24) is 0 Å². The van der Waals surface area contributed by atoms with E-state index in [-0.39, 0.29) is 29.3 Å². The monoisotopic (exact) mass is 376 g/mol. The average Bonchev–Trinajstić information content (AvgIpc) is 2.93. The summed E-state index contributed by atoms with van der Waals surface area (Å²) in [5, 5.41) is 20.4. The summed E-state index contributed by atoms with van der Waals surface area (Å²) >= 11 is 0. The number of aliphatic hydroxyl groups excluding tert-OH is 1. The van der Waals surface area contributed by atoms with Crippen LogP contribution in [0.25, 0.3) is 0 Å². The quantitative estimate of drug-likeness (QED) is 0.770. The van der Waals surface area contributed by atoms with E-state index in [1.807, 2.05) is 0 Å². The number of carboxylic acids is 1. The molecule has 4 nitrogen and oxygen atoms in total. The number of rotatable bonds is 3. The van der Waals surface area contributed by atoms with E-state index in [1.165, 1.54) is 0 Å². The zero-order valence-electron chi connectivity index (χ0n) is 17.1. The molecular formula is C23H36O4. The normalized spacial score (nSPS) is 50.4. The topological polar surface area (TPSA) is 74.6 Å². The Balaban J connectivity index is 1.61. The Morgan fingerprint density at radius 1 is 1.15 bits per heavy atom. The number of hydrogen-bond donors (Lipinski definition) is 2. The number of carbonyl (C=O) groups excluding carboxylic acids is 1. The number of aliphatic carboxylic acids is 1. The summed E-state index contributed by atoms with van der Waals surface area (Å²) in [6, 6.07) is 0. The molecule has 4 saturated carbocycles. The Labute approximate surface area is 163 Å². The van der Waals surface area contributed by atoms with E-state index in [2.05, 4.69) is 20.8 Å². The molecule has 9 atom stereocenters. The van der Waals surface area contributed by atoms with Gasteiger partial charge in [-0.3, -0.25) is 9.59 Å². The van der Waals surface area contributed by atoms with Gasteiger partial charge in [-0.05, 0) is 84.9 Å². The van der Waals surface area contributed by atoms with Crippen LogP contribution in [0.3, 0.4) is 0 Å². The summed E-state index contributed by atoms with van der Waals surface area (Å²) in [6.07, 6.45) is 7.63. The van der Waals surface area contributed by atoms with Crippen LogP contribution < -0.4 is 0 Å². The Morgan fingerprint density at radius 3 is 2.56 bits per heavy atom. The lowest BCUT2D eigenvalue weighted by molar-refractivity contribution is -0.169. The molecule has 4 heteroatoms. The summed E-state index contributed by atoms with van der Waals surface area (Å²) < 4.78 is 0. The van der Waals surface area contributed by atoms with Gasteiger partial charge >= 0.3 is 5.97 Å². The van der Waals surface area contributed by atoms with Crippen LogP contribution in [0.4, 0.5) is 0 Å². The van der Waals surface area contributed by atoms with Gasteiger partial charge in [0.1, 0.15) is 5.78 Å². The molecule has 0 aromatic heterocycles. The van der Waals surface area contributed by atoms with Crippen LogP contribution >= 0.6 is 0 Å². The van der Waals surface area contributed by atoms with Crippen molar-refractivity contribution in [3.8, 4) is 0 Å². The summed E-state index contributed by atoms with van der Waals surface area (Å²) in [6.45, 7) is 6.89. The van der Waals surface area contributed by atoms with Crippen molar-refractivity contribution in [2.24, 2.45) is 46.3 Å². The molecule has 4 rings (SSSR count). The molecule has 0 bridgehead atoms. The fourth-order valence-corrected chi connectivity index (χ4v) is 8.41. The van der Waals surface area contributed by atoms with Crippen LogP contribution in [0.5, 0.6) is 0 Å². The van der Waals surface area contributed by atoms with E-state index >= 15 is 0 Å². The molecule has 0 aromatic carbocycles. The van der Waals surface area contributed by atoms with Crippen LogP contribution in [0.15, 0.2) is 0 Å². The number of hydrogen-bond acceptors (Lipinski definition) is 3. The van der Waals surface area contributed by atoms with Gasteiger partial charge in [0.05, 0.1) is 6.10 Å². The Hall–Kier alpha value is -0.900. The first kappa shape index (κ1) is 19.4. The molecule has 0 aromatic rings. The summed E-state index contributed by atoms with van der Waals surface area (Å²) in [5.41, 5.74) is 0.356. The van der Waals surface area contributed by atoms with Crippen molar-refractivity contribution < 1.29 is 19.8 Å². The third-order valence-corrected chi connectivity index (χ3v) is 9.76. The highest BCUT2D eigenvalue weighted by molar-refractivity contribution is 5.79. The molecule has 0 spiro atoms. The number of aliphatic hydroxyl groups is 1. The average molecular weight is 377 g/mol.